The Morgan fingerprint density at radius 1 is 1.31 bits per heavy atom. The van der Waals surface area contributed by atoms with Gasteiger partial charge in [0, 0.05) is 23.8 Å². The van der Waals surface area contributed by atoms with E-state index in [0.717, 1.165) is 35.2 Å². The van der Waals surface area contributed by atoms with E-state index in [9.17, 15) is 0 Å². The van der Waals surface area contributed by atoms with Crippen molar-refractivity contribution in [2.24, 2.45) is 11.8 Å². The second-order valence-corrected chi connectivity index (χ2v) is 6.06. The number of aromatic nitrogens is 1. The molecule has 2 nitrogen and oxygen atoms in total. The van der Waals surface area contributed by atoms with Crippen molar-refractivity contribution in [2.75, 3.05) is 18.0 Å². The Balaban J connectivity index is 2.23. The van der Waals surface area contributed by atoms with E-state index in [2.05, 4.69) is 52.7 Å². The molecule has 2 atom stereocenters. The lowest BCUT2D eigenvalue weighted by molar-refractivity contribution is 0.355. The summed E-state index contributed by atoms with van der Waals surface area (Å²) in [6.45, 7) is 9.07. The van der Waals surface area contributed by atoms with E-state index in [-0.39, 0.29) is 0 Å². The van der Waals surface area contributed by atoms with Gasteiger partial charge in [-0.3, -0.25) is 0 Å². The number of rotatable bonds is 1. The van der Waals surface area contributed by atoms with Crippen molar-refractivity contribution < 1.29 is 0 Å². The maximum absolute atomic E-state index is 4.55. The Morgan fingerprint density at radius 3 is 2.50 bits per heavy atom. The Hall–Kier alpha value is -0.570. The summed E-state index contributed by atoms with van der Waals surface area (Å²) < 4.78 is 1.06. The summed E-state index contributed by atoms with van der Waals surface area (Å²) >= 11 is 3.46. The van der Waals surface area contributed by atoms with E-state index in [1.54, 1.807) is 0 Å². The highest BCUT2D eigenvalue weighted by Crippen LogP contribution is 2.27. The summed E-state index contributed by atoms with van der Waals surface area (Å²) in [4.78, 5) is 6.98. The van der Waals surface area contributed by atoms with E-state index >= 15 is 0 Å². The average Bonchev–Trinajstić information content (AvgIpc) is 2.15. The SMILES string of the molecule is Cc1cc(Br)cnc1N1CC(C)CC(C)C1. The molecule has 0 bridgehead atoms. The predicted octanol–water partition coefficient (Wildman–Crippen LogP) is 3.63. The summed E-state index contributed by atoms with van der Waals surface area (Å²) in [7, 11) is 0. The maximum Gasteiger partial charge on any atom is 0.131 e. The zero-order valence-corrected chi connectivity index (χ0v) is 11.8. The van der Waals surface area contributed by atoms with Crippen LogP contribution >= 0.6 is 15.9 Å². The third kappa shape index (κ3) is 2.57. The van der Waals surface area contributed by atoms with Crippen molar-refractivity contribution in [3.8, 4) is 0 Å². The minimum Gasteiger partial charge on any atom is -0.356 e. The van der Waals surface area contributed by atoms with Crippen molar-refractivity contribution in [2.45, 2.75) is 27.2 Å². The molecule has 2 unspecified atom stereocenters. The monoisotopic (exact) mass is 282 g/mol. The van der Waals surface area contributed by atoms with Crippen LogP contribution in [0.15, 0.2) is 16.7 Å². The van der Waals surface area contributed by atoms with Crippen molar-refractivity contribution in [3.63, 3.8) is 0 Å². The molecule has 1 aliphatic rings. The molecule has 1 aromatic rings. The Bertz CT molecular complexity index is 368. The molecule has 0 aliphatic carbocycles. The van der Waals surface area contributed by atoms with Gasteiger partial charge in [0.2, 0.25) is 0 Å². The molecule has 0 spiro atoms. The van der Waals surface area contributed by atoms with Gasteiger partial charge >= 0.3 is 0 Å². The lowest BCUT2D eigenvalue weighted by atomic mass is 9.92. The van der Waals surface area contributed by atoms with Crippen LogP contribution in [-0.4, -0.2) is 18.1 Å². The summed E-state index contributed by atoms with van der Waals surface area (Å²) in [6, 6.07) is 2.15. The van der Waals surface area contributed by atoms with Gasteiger partial charge in [-0.1, -0.05) is 13.8 Å². The van der Waals surface area contributed by atoms with E-state index in [1.807, 2.05) is 6.20 Å². The topological polar surface area (TPSA) is 16.1 Å². The van der Waals surface area contributed by atoms with Crippen LogP contribution in [0.4, 0.5) is 5.82 Å². The number of anilines is 1. The zero-order valence-electron chi connectivity index (χ0n) is 10.2. The molecule has 1 aliphatic heterocycles. The highest BCUT2D eigenvalue weighted by molar-refractivity contribution is 9.10. The van der Waals surface area contributed by atoms with Gasteiger partial charge in [-0.25, -0.2) is 4.98 Å². The van der Waals surface area contributed by atoms with Crippen LogP contribution in [0, 0.1) is 18.8 Å². The van der Waals surface area contributed by atoms with E-state index in [4.69, 9.17) is 0 Å². The number of hydrogen-bond acceptors (Lipinski definition) is 2. The summed E-state index contributed by atoms with van der Waals surface area (Å²) in [5.41, 5.74) is 1.26. The first kappa shape index (κ1) is 11.9. The molecule has 0 N–H and O–H groups in total. The summed E-state index contributed by atoms with van der Waals surface area (Å²) in [6.07, 6.45) is 3.23. The molecule has 0 amide bonds. The average molecular weight is 283 g/mol. The fourth-order valence-electron chi connectivity index (χ4n) is 2.70. The second kappa shape index (κ2) is 4.74. The van der Waals surface area contributed by atoms with Crippen LogP contribution < -0.4 is 4.90 Å². The molecule has 2 rings (SSSR count). The first-order valence-electron chi connectivity index (χ1n) is 5.93. The molecule has 16 heavy (non-hydrogen) atoms. The van der Waals surface area contributed by atoms with Gasteiger partial charge in [0.15, 0.2) is 0 Å². The van der Waals surface area contributed by atoms with Crippen LogP contribution in [0.1, 0.15) is 25.8 Å². The van der Waals surface area contributed by atoms with Gasteiger partial charge in [-0.05, 0) is 52.7 Å². The molecule has 1 saturated heterocycles. The fraction of sp³-hybridized carbons (Fsp3) is 0.615. The van der Waals surface area contributed by atoms with Crippen molar-refractivity contribution in [3.05, 3.63) is 22.3 Å². The molecule has 3 heteroatoms. The van der Waals surface area contributed by atoms with Crippen LogP contribution in [0.2, 0.25) is 0 Å². The van der Waals surface area contributed by atoms with Gasteiger partial charge in [0.05, 0.1) is 0 Å². The smallest absolute Gasteiger partial charge is 0.131 e. The van der Waals surface area contributed by atoms with E-state index < -0.39 is 0 Å². The number of pyridine rings is 1. The molecule has 0 radical (unpaired) electrons. The quantitative estimate of drug-likeness (QED) is 0.782. The normalized spacial score (nSPS) is 25.9. The molecule has 1 fully saturated rings. The second-order valence-electron chi connectivity index (χ2n) is 5.15. The van der Waals surface area contributed by atoms with Gasteiger partial charge in [0.25, 0.3) is 0 Å². The Labute approximate surface area is 106 Å². The standard InChI is InChI=1S/C13H19BrN2/c1-9-4-10(2)8-16(7-9)13-11(3)5-12(14)6-15-13/h5-6,9-10H,4,7-8H2,1-3H3. The molecule has 0 saturated carbocycles. The third-order valence-corrected chi connectivity index (χ3v) is 3.62. The van der Waals surface area contributed by atoms with Gasteiger partial charge in [0.1, 0.15) is 5.82 Å². The number of hydrogen-bond donors (Lipinski definition) is 0. The predicted molar refractivity (Wildman–Crippen MR) is 71.8 cm³/mol. The Kier molecular flexibility index (Phi) is 3.53. The first-order chi connectivity index (χ1) is 7.56. The lowest BCUT2D eigenvalue weighted by Crippen LogP contribution is -2.39. The van der Waals surface area contributed by atoms with Crippen molar-refractivity contribution in [1.29, 1.82) is 0 Å². The van der Waals surface area contributed by atoms with Crippen LogP contribution in [0.25, 0.3) is 0 Å². The molecule has 88 valence electrons. The van der Waals surface area contributed by atoms with Crippen molar-refractivity contribution >= 4 is 21.7 Å². The molecule has 2 heterocycles. The fourth-order valence-corrected chi connectivity index (χ4v) is 3.15. The maximum atomic E-state index is 4.55. The first-order valence-corrected chi connectivity index (χ1v) is 6.72. The van der Waals surface area contributed by atoms with E-state index in [0.29, 0.717) is 0 Å². The van der Waals surface area contributed by atoms with Crippen LogP contribution in [0.3, 0.4) is 0 Å². The Morgan fingerprint density at radius 2 is 1.94 bits per heavy atom. The lowest BCUT2D eigenvalue weighted by Gasteiger charge is -2.36. The number of piperidine rings is 1. The van der Waals surface area contributed by atoms with Crippen LogP contribution in [-0.2, 0) is 0 Å². The number of halogens is 1. The number of nitrogens with zero attached hydrogens (tertiary/aromatic N) is 2. The molecule has 0 aromatic carbocycles. The zero-order chi connectivity index (χ0) is 11.7. The largest absolute Gasteiger partial charge is 0.356 e. The minimum atomic E-state index is 0.772. The summed E-state index contributed by atoms with van der Waals surface area (Å²) in [5, 5.41) is 0. The third-order valence-electron chi connectivity index (χ3n) is 3.19. The minimum absolute atomic E-state index is 0.772. The molecular formula is C13H19BrN2. The molecular weight excluding hydrogens is 264 g/mol. The van der Waals surface area contributed by atoms with Crippen molar-refractivity contribution in [1.82, 2.24) is 4.98 Å². The van der Waals surface area contributed by atoms with Gasteiger partial charge in [-0.2, -0.15) is 0 Å². The van der Waals surface area contributed by atoms with Gasteiger partial charge in [-0.15, -0.1) is 0 Å². The molecule has 1 aromatic heterocycles. The highest BCUT2D eigenvalue weighted by atomic mass is 79.9. The van der Waals surface area contributed by atoms with Crippen LogP contribution in [0.5, 0.6) is 0 Å². The van der Waals surface area contributed by atoms with E-state index in [1.165, 1.54) is 12.0 Å². The highest BCUT2D eigenvalue weighted by Gasteiger charge is 2.23. The number of aryl methyl sites for hydroxylation is 1. The summed E-state index contributed by atoms with van der Waals surface area (Å²) in [5.74, 6) is 2.70. The van der Waals surface area contributed by atoms with Gasteiger partial charge < -0.3 is 4.90 Å².